The minimum Gasteiger partial charge on any atom is -0.312 e. The number of piperidine rings is 1. The number of hydrogen-bond acceptors (Lipinski definition) is 2. The van der Waals surface area contributed by atoms with Crippen molar-refractivity contribution >= 4 is 23.2 Å². The molecule has 2 aromatic rings. The van der Waals surface area contributed by atoms with Crippen LogP contribution in [0.4, 0.5) is 11.4 Å². The van der Waals surface area contributed by atoms with E-state index in [4.69, 9.17) is 0 Å². The molecule has 4 nitrogen and oxygen atoms in total. The molecule has 2 heterocycles. The zero-order valence-corrected chi connectivity index (χ0v) is 14.4. The predicted octanol–water partition coefficient (Wildman–Crippen LogP) is 3.79. The van der Waals surface area contributed by atoms with Gasteiger partial charge >= 0.3 is 0 Å². The van der Waals surface area contributed by atoms with Gasteiger partial charge in [0.2, 0.25) is 5.91 Å². The summed E-state index contributed by atoms with van der Waals surface area (Å²) in [5, 5.41) is 0. The molecule has 0 saturated carbocycles. The Bertz CT molecular complexity index is 813. The number of carbonyl (C=O) groups excluding carboxylic acids is 2. The van der Waals surface area contributed by atoms with Gasteiger partial charge in [-0.15, -0.1) is 0 Å². The van der Waals surface area contributed by atoms with Crippen molar-refractivity contribution in [3.8, 4) is 0 Å². The lowest BCUT2D eigenvalue weighted by molar-refractivity contribution is -0.119. The minimum absolute atomic E-state index is 0.0222. The number of para-hydroxylation sites is 1. The monoisotopic (exact) mass is 334 g/mol. The fraction of sp³-hybridized carbons (Fsp3) is 0.333. The molecule has 0 radical (unpaired) electrons. The summed E-state index contributed by atoms with van der Waals surface area (Å²) in [5.41, 5.74) is 3.78. The van der Waals surface area contributed by atoms with E-state index in [0.717, 1.165) is 37.2 Å². The van der Waals surface area contributed by atoms with Gasteiger partial charge in [0.05, 0.1) is 0 Å². The van der Waals surface area contributed by atoms with Gasteiger partial charge in [0.1, 0.15) is 0 Å². The molecular weight excluding hydrogens is 312 g/mol. The Morgan fingerprint density at radius 3 is 2.56 bits per heavy atom. The predicted molar refractivity (Wildman–Crippen MR) is 99.1 cm³/mol. The number of anilines is 2. The van der Waals surface area contributed by atoms with Crippen LogP contribution in [0.5, 0.6) is 0 Å². The van der Waals surface area contributed by atoms with Crippen LogP contribution in [0, 0.1) is 0 Å². The Balaban J connectivity index is 1.58. The molecule has 1 fully saturated rings. The van der Waals surface area contributed by atoms with Gasteiger partial charge in [-0.2, -0.15) is 0 Å². The van der Waals surface area contributed by atoms with Crippen molar-refractivity contribution < 1.29 is 9.59 Å². The molecule has 4 heteroatoms. The van der Waals surface area contributed by atoms with E-state index in [-0.39, 0.29) is 17.9 Å². The topological polar surface area (TPSA) is 40.6 Å². The van der Waals surface area contributed by atoms with Crippen molar-refractivity contribution in [2.75, 3.05) is 16.3 Å². The van der Waals surface area contributed by atoms with Crippen molar-refractivity contribution in [1.82, 2.24) is 0 Å². The van der Waals surface area contributed by atoms with Crippen LogP contribution in [-0.4, -0.2) is 24.4 Å². The zero-order valence-electron chi connectivity index (χ0n) is 14.4. The maximum atomic E-state index is 13.0. The van der Waals surface area contributed by atoms with Crippen molar-refractivity contribution in [3.63, 3.8) is 0 Å². The molecule has 1 atom stereocenters. The summed E-state index contributed by atoms with van der Waals surface area (Å²) in [7, 11) is 0. The highest BCUT2D eigenvalue weighted by atomic mass is 16.2. The van der Waals surface area contributed by atoms with Gasteiger partial charge in [-0.3, -0.25) is 9.59 Å². The van der Waals surface area contributed by atoms with E-state index in [2.05, 4.69) is 13.0 Å². The maximum absolute atomic E-state index is 13.0. The summed E-state index contributed by atoms with van der Waals surface area (Å²) in [6, 6.07) is 15.7. The molecule has 4 rings (SSSR count). The number of amides is 2. The number of nitrogens with zero attached hydrogens (tertiary/aromatic N) is 2. The van der Waals surface area contributed by atoms with Gasteiger partial charge in [0.15, 0.2) is 0 Å². The first kappa shape index (κ1) is 15.9. The second-order valence-electron chi connectivity index (χ2n) is 6.91. The molecule has 2 aliphatic rings. The second kappa shape index (κ2) is 6.36. The molecule has 128 valence electrons. The minimum atomic E-state index is 0.0222. The van der Waals surface area contributed by atoms with Gasteiger partial charge in [-0.25, -0.2) is 0 Å². The van der Waals surface area contributed by atoms with Gasteiger partial charge in [0, 0.05) is 35.9 Å². The van der Waals surface area contributed by atoms with Crippen molar-refractivity contribution in [1.29, 1.82) is 0 Å². The van der Waals surface area contributed by atoms with Crippen molar-refractivity contribution in [2.45, 2.75) is 38.6 Å². The number of rotatable bonds is 2. The van der Waals surface area contributed by atoms with Crippen LogP contribution >= 0.6 is 0 Å². The van der Waals surface area contributed by atoms with Crippen LogP contribution in [0.15, 0.2) is 48.5 Å². The molecule has 0 bridgehead atoms. The third-order valence-corrected chi connectivity index (χ3v) is 5.18. The summed E-state index contributed by atoms with van der Waals surface area (Å²) in [6.45, 7) is 2.85. The van der Waals surface area contributed by atoms with E-state index in [1.54, 1.807) is 0 Å². The third-order valence-electron chi connectivity index (χ3n) is 5.18. The number of fused-ring (bicyclic) bond motifs is 1. The van der Waals surface area contributed by atoms with Gasteiger partial charge in [-0.05, 0) is 62.1 Å². The molecular formula is C21H22N2O2. The SMILES string of the molecule is CC1Cc2ccccc2N1C(=O)c1ccc(N2CCCCC2=O)cc1. The highest BCUT2D eigenvalue weighted by Crippen LogP contribution is 2.33. The smallest absolute Gasteiger partial charge is 0.258 e. The fourth-order valence-electron chi connectivity index (χ4n) is 3.88. The standard InChI is InChI=1S/C21H22N2O2/c1-15-14-17-6-2-3-7-19(17)23(15)21(25)16-9-11-18(12-10-16)22-13-5-4-8-20(22)24/h2-3,6-7,9-12,15H,4-5,8,13-14H2,1H3. The van der Waals surface area contributed by atoms with Crippen LogP contribution in [0.3, 0.4) is 0 Å². The fourth-order valence-corrected chi connectivity index (χ4v) is 3.88. The Hall–Kier alpha value is -2.62. The molecule has 1 unspecified atom stereocenters. The second-order valence-corrected chi connectivity index (χ2v) is 6.91. The number of hydrogen-bond donors (Lipinski definition) is 0. The normalized spacial score (nSPS) is 19.9. The molecule has 2 aromatic carbocycles. The van der Waals surface area contributed by atoms with E-state index >= 15 is 0 Å². The van der Waals surface area contributed by atoms with E-state index < -0.39 is 0 Å². The molecule has 2 amide bonds. The average molecular weight is 334 g/mol. The third kappa shape index (κ3) is 2.82. The van der Waals surface area contributed by atoms with Crippen molar-refractivity contribution in [2.24, 2.45) is 0 Å². The molecule has 0 N–H and O–H groups in total. The van der Waals surface area contributed by atoms with Crippen LogP contribution in [0.25, 0.3) is 0 Å². The van der Waals surface area contributed by atoms with Crippen LogP contribution in [0.1, 0.15) is 42.1 Å². The van der Waals surface area contributed by atoms with Crippen LogP contribution in [0.2, 0.25) is 0 Å². The summed E-state index contributed by atoms with van der Waals surface area (Å²) in [6.07, 6.45) is 3.51. The number of benzene rings is 2. The lowest BCUT2D eigenvalue weighted by Gasteiger charge is -2.27. The molecule has 2 aliphatic heterocycles. The van der Waals surface area contributed by atoms with E-state index in [1.165, 1.54) is 5.56 Å². The molecule has 0 aromatic heterocycles. The van der Waals surface area contributed by atoms with Gasteiger partial charge in [0.25, 0.3) is 5.91 Å². The average Bonchev–Trinajstić information content (AvgIpc) is 2.97. The van der Waals surface area contributed by atoms with E-state index in [1.807, 2.05) is 52.3 Å². The quantitative estimate of drug-likeness (QED) is 0.838. The summed E-state index contributed by atoms with van der Waals surface area (Å²) in [4.78, 5) is 28.8. The van der Waals surface area contributed by atoms with E-state index in [9.17, 15) is 9.59 Å². The maximum Gasteiger partial charge on any atom is 0.258 e. The molecule has 1 saturated heterocycles. The Morgan fingerprint density at radius 2 is 1.80 bits per heavy atom. The van der Waals surface area contributed by atoms with Crippen LogP contribution in [-0.2, 0) is 11.2 Å². The highest BCUT2D eigenvalue weighted by Gasteiger charge is 2.31. The summed E-state index contributed by atoms with van der Waals surface area (Å²) in [5.74, 6) is 0.196. The van der Waals surface area contributed by atoms with Crippen molar-refractivity contribution in [3.05, 3.63) is 59.7 Å². The van der Waals surface area contributed by atoms with Gasteiger partial charge in [-0.1, -0.05) is 18.2 Å². The van der Waals surface area contributed by atoms with E-state index in [0.29, 0.717) is 12.0 Å². The first-order chi connectivity index (χ1) is 12.1. The lowest BCUT2D eigenvalue weighted by atomic mass is 10.1. The summed E-state index contributed by atoms with van der Waals surface area (Å²) < 4.78 is 0. The first-order valence-corrected chi connectivity index (χ1v) is 8.97. The lowest BCUT2D eigenvalue weighted by Crippen LogP contribution is -2.36. The largest absolute Gasteiger partial charge is 0.312 e. The molecule has 0 aliphatic carbocycles. The zero-order chi connectivity index (χ0) is 17.4. The Labute approximate surface area is 148 Å². The Kier molecular flexibility index (Phi) is 4.04. The summed E-state index contributed by atoms with van der Waals surface area (Å²) >= 11 is 0. The Morgan fingerprint density at radius 1 is 1.04 bits per heavy atom. The highest BCUT2D eigenvalue weighted by molar-refractivity contribution is 6.08. The molecule has 25 heavy (non-hydrogen) atoms. The van der Waals surface area contributed by atoms with Gasteiger partial charge < -0.3 is 9.80 Å². The molecule has 0 spiro atoms. The van der Waals surface area contributed by atoms with Crippen LogP contribution < -0.4 is 9.80 Å². The first-order valence-electron chi connectivity index (χ1n) is 8.97. The number of carbonyl (C=O) groups is 2.